The minimum absolute atomic E-state index is 0.0382. The lowest BCUT2D eigenvalue weighted by Crippen LogP contribution is -2.39. The number of carbonyl (C=O) groups excluding carboxylic acids is 1. The van der Waals surface area contributed by atoms with Crippen LogP contribution >= 0.6 is 0 Å². The quantitative estimate of drug-likeness (QED) is 0.680. The summed E-state index contributed by atoms with van der Waals surface area (Å²) < 4.78 is 51.2. The number of sulfone groups is 1. The molecule has 1 aromatic carbocycles. The summed E-state index contributed by atoms with van der Waals surface area (Å²) in [6.07, 6.45) is 1.57. The van der Waals surface area contributed by atoms with Crippen LogP contribution in [-0.2, 0) is 24.7 Å². The van der Waals surface area contributed by atoms with Crippen molar-refractivity contribution < 1.29 is 21.6 Å². The Labute approximate surface area is 155 Å². The molecule has 0 bridgehead atoms. The van der Waals surface area contributed by atoms with Gasteiger partial charge < -0.3 is 4.90 Å². The Hall–Kier alpha value is -1.49. The van der Waals surface area contributed by atoms with Crippen LogP contribution in [0.2, 0.25) is 0 Å². The number of carbonyl (C=O) groups is 1. The molecule has 1 saturated heterocycles. The zero-order chi connectivity index (χ0) is 19.5. The Kier molecular flexibility index (Phi) is 6.43. The van der Waals surface area contributed by atoms with Crippen molar-refractivity contribution in [2.75, 3.05) is 53.1 Å². The van der Waals surface area contributed by atoms with Gasteiger partial charge in [-0.1, -0.05) is 12.1 Å². The van der Waals surface area contributed by atoms with Gasteiger partial charge in [0.25, 0.3) is 0 Å². The highest BCUT2D eigenvalue weighted by atomic mass is 32.2. The van der Waals surface area contributed by atoms with Crippen LogP contribution in [0.5, 0.6) is 0 Å². The molecule has 0 saturated carbocycles. The fraction of sp³-hybridized carbons (Fsp3) is 0.562. The molecule has 0 aromatic heterocycles. The van der Waals surface area contributed by atoms with Crippen molar-refractivity contribution in [3.8, 4) is 0 Å². The highest BCUT2D eigenvalue weighted by Gasteiger charge is 2.31. The van der Waals surface area contributed by atoms with Crippen molar-refractivity contribution in [2.45, 2.75) is 16.2 Å². The number of nitrogens with zero attached hydrogens (tertiary/aromatic N) is 3. The summed E-state index contributed by atoms with van der Waals surface area (Å²) in [5, 5.41) is 0. The molecular weight excluding hydrogens is 378 g/mol. The summed E-state index contributed by atoms with van der Waals surface area (Å²) >= 11 is 0. The number of hydrogen-bond acceptors (Lipinski definition) is 6. The van der Waals surface area contributed by atoms with Gasteiger partial charge in [0.1, 0.15) is 4.90 Å². The fourth-order valence-electron chi connectivity index (χ4n) is 2.79. The average Bonchev–Trinajstić information content (AvgIpc) is 2.80. The molecule has 146 valence electrons. The summed E-state index contributed by atoms with van der Waals surface area (Å²) in [6.45, 7) is 1.76. The van der Waals surface area contributed by atoms with Gasteiger partial charge in [-0.15, -0.1) is 0 Å². The third kappa shape index (κ3) is 4.81. The summed E-state index contributed by atoms with van der Waals surface area (Å²) in [5.41, 5.74) is 0. The Morgan fingerprint density at radius 1 is 1.00 bits per heavy atom. The molecule has 1 aromatic rings. The zero-order valence-electron chi connectivity index (χ0n) is 15.3. The molecule has 1 heterocycles. The highest BCUT2D eigenvalue weighted by Crippen LogP contribution is 2.25. The third-order valence-electron chi connectivity index (χ3n) is 4.27. The predicted molar refractivity (Wildman–Crippen MR) is 98.1 cm³/mol. The van der Waals surface area contributed by atoms with Gasteiger partial charge in [0.2, 0.25) is 15.9 Å². The van der Waals surface area contributed by atoms with E-state index in [0.29, 0.717) is 19.5 Å². The molecule has 10 heteroatoms. The fourth-order valence-corrected chi connectivity index (χ4v) is 5.86. The SMILES string of the molecule is CN(C)C(=O)CN1CCCN(S(=O)(=O)c2ccccc2S(C)(=O)=O)CC1. The van der Waals surface area contributed by atoms with E-state index in [2.05, 4.69) is 0 Å². The Bertz CT molecular complexity index is 866. The van der Waals surface area contributed by atoms with Crippen molar-refractivity contribution in [3.05, 3.63) is 24.3 Å². The molecule has 0 spiro atoms. The van der Waals surface area contributed by atoms with Crippen LogP contribution in [0.4, 0.5) is 0 Å². The van der Waals surface area contributed by atoms with Gasteiger partial charge in [0, 0.05) is 40.0 Å². The minimum atomic E-state index is -3.94. The van der Waals surface area contributed by atoms with E-state index in [1.54, 1.807) is 14.1 Å². The Balaban J connectivity index is 2.23. The van der Waals surface area contributed by atoms with E-state index in [0.717, 1.165) is 6.26 Å². The van der Waals surface area contributed by atoms with Gasteiger partial charge >= 0.3 is 0 Å². The number of likely N-dealkylation sites (N-methyl/N-ethyl adjacent to an activating group) is 1. The lowest BCUT2D eigenvalue weighted by atomic mass is 10.4. The predicted octanol–water partition coefficient (Wildman–Crippen LogP) is -0.125. The first kappa shape index (κ1) is 20.8. The van der Waals surface area contributed by atoms with E-state index < -0.39 is 19.9 Å². The molecular formula is C16H25N3O5S2. The molecule has 0 aliphatic carbocycles. The van der Waals surface area contributed by atoms with Crippen molar-refractivity contribution in [1.29, 1.82) is 0 Å². The lowest BCUT2D eigenvalue weighted by Gasteiger charge is -2.23. The first-order chi connectivity index (χ1) is 12.0. The molecule has 0 unspecified atom stereocenters. The van der Waals surface area contributed by atoms with Crippen LogP contribution in [0.25, 0.3) is 0 Å². The van der Waals surface area contributed by atoms with E-state index in [1.807, 2.05) is 4.90 Å². The zero-order valence-corrected chi connectivity index (χ0v) is 16.9. The van der Waals surface area contributed by atoms with Crippen molar-refractivity contribution in [1.82, 2.24) is 14.1 Å². The number of benzene rings is 1. The molecule has 26 heavy (non-hydrogen) atoms. The van der Waals surface area contributed by atoms with E-state index in [9.17, 15) is 21.6 Å². The lowest BCUT2D eigenvalue weighted by molar-refractivity contribution is -0.129. The van der Waals surface area contributed by atoms with Crippen LogP contribution in [-0.4, -0.2) is 89.9 Å². The second-order valence-corrected chi connectivity index (χ2v) is 10.4. The topological polar surface area (TPSA) is 95.1 Å². The van der Waals surface area contributed by atoms with Crippen LogP contribution in [0, 0.1) is 0 Å². The molecule has 0 atom stereocenters. The summed E-state index contributed by atoms with van der Waals surface area (Å²) in [5.74, 6) is -0.0382. The molecule has 0 N–H and O–H groups in total. The Morgan fingerprint density at radius 2 is 1.62 bits per heavy atom. The summed E-state index contributed by atoms with van der Waals surface area (Å²) in [7, 11) is -4.24. The normalized spacial score (nSPS) is 17.7. The van der Waals surface area contributed by atoms with Crippen LogP contribution in [0.15, 0.2) is 34.1 Å². The van der Waals surface area contributed by atoms with Gasteiger partial charge in [-0.25, -0.2) is 16.8 Å². The summed E-state index contributed by atoms with van der Waals surface area (Å²) in [4.78, 5) is 14.9. The van der Waals surface area contributed by atoms with Gasteiger partial charge in [-0.05, 0) is 25.1 Å². The van der Waals surface area contributed by atoms with Crippen molar-refractivity contribution >= 4 is 25.8 Å². The average molecular weight is 404 g/mol. The van der Waals surface area contributed by atoms with Crippen molar-refractivity contribution in [3.63, 3.8) is 0 Å². The largest absolute Gasteiger partial charge is 0.348 e. The van der Waals surface area contributed by atoms with Crippen LogP contribution < -0.4 is 0 Å². The van der Waals surface area contributed by atoms with Crippen LogP contribution in [0.3, 0.4) is 0 Å². The number of rotatable bonds is 5. The van der Waals surface area contributed by atoms with Gasteiger partial charge in [0.15, 0.2) is 9.84 Å². The number of amides is 1. The van der Waals surface area contributed by atoms with E-state index >= 15 is 0 Å². The first-order valence-corrected chi connectivity index (χ1v) is 11.6. The first-order valence-electron chi connectivity index (χ1n) is 8.25. The third-order valence-corrected chi connectivity index (χ3v) is 7.51. The smallest absolute Gasteiger partial charge is 0.244 e. The highest BCUT2D eigenvalue weighted by molar-refractivity contribution is 7.93. The monoisotopic (exact) mass is 403 g/mol. The van der Waals surface area contributed by atoms with Gasteiger partial charge in [-0.3, -0.25) is 9.69 Å². The standard InChI is InChI=1S/C16H25N3O5S2/c1-17(2)16(20)13-18-9-6-10-19(12-11-18)26(23,24)15-8-5-4-7-14(15)25(3,21)22/h4-5,7-8H,6,9-13H2,1-3H3. The van der Waals surface area contributed by atoms with Gasteiger partial charge in [0.05, 0.1) is 11.4 Å². The van der Waals surface area contributed by atoms with Crippen molar-refractivity contribution in [2.24, 2.45) is 0 Å². The molecule has 0 radical (unpaired) electrons. The number of hydrogen-bond donors (Lipinski definition) is 0. The maximum absolute atomic E-state index is 13.0. The second kappa shape index (κ2) is 8.03. The van der Waals surface area contributed by atoms with Gasteiger partial charge in [-0.2, -0.15) is 4.31 Å². The van der Waals surface area contributed by atoms with E-state index in [4.69, 9.17) is 0 Å². The van der Waals surface area contributed by atoms with E-state index in [-0.39, 0.29) is 35.3 Å². The molecule has 1 aliphatic rings. The molecule has 1 fully saturated rings. The summed E-state index contributed by atoms with van der Waals surface area (Å²) in [6, 6.07) is 5.65. The van der Waals surface area contributed by atoms with E-state index in [1.165, 1.54) is 33.5 Å². The maximum Gasteiger partial charge on any atom is 0.244 e. The Morgan fingerprint density at radius 3 is 2.19 bits per heavy atom. The minimum Gasteiger partial charge on any atom is -0.348 e. The molecule has 1 amide bonds. The molecule has 2 rings (SSSR count). The molecule has 8 nitrogen and oxygen atoms in total. The van der Waals surface area contributed by atoms with Crippen LogP contribution in [0.1, 0.15) is 6.42 Å². The maximum atomic E-state index is 13.0. The molecule has 1 aliphatic heterocycles. The second-order valence-electron chi connectivity index (χ2n) is 6.54. The number of sulfonamides is 1.